The van der Waals surface area contributed by atoms with Crippen molar-refractivity contribution < 1.29 is 4.74 Å². The normalized spacial score (nSPS) is 10.8. The van der Waals surface area contributed by atoms with Crippen molar-refractivity contribution in [3.8, 4) is 22.2 Å². The van der Waals surface area contributed by atoms with E-state index >= 15 is 0 Å². The van der Waals surface area contributed by atoms with Crippen molar-refractivity contribution in [3.05, 3.63) is 55.0 Å². The van der Waals surface area contributed by atoms with E-state index in [0.717, 1.165) is 38.1 Å². The SMILES string of the molecule is Cn1ccnc1-c1cc2nccc(Oc3ccc(NC(N)=S)cc3)c2s1. The number of ether oxygens (including phenoxy) is 1. The Labute approximate surface area is 159 Å². The smallest absolute Gasteiger partial charge is 0.168 e. The lowest BCUT2D eigenvalue weighted by molar-refractivity contribution is 0.489. The van der Waals surface area contributed by atoms with Crippen molar-refractivity contribution >= 4 is 44.6 Å². The largest absolute Gasteiger partial charge is 0.456 e. The molecule has 4 rings (SSSR count). The quantitative estimate of drug-likeness (QED) is 0.517. The zero-order valence-electron chi connectivity index (χ0n) is 13.8. The van der Waals surface area contributed by atoms with E-state index in [9.17, 15) is 0 Å². The number of anilines is 1. The first kappa shape index (κ1) is 16.5. The molecule has 4 aromatic rings. The van der Waals surface area contributed by atoms with Gasteiger partial charge < -0.3 is 20.4 Å². The minimum absolute atomic E-state index is 0.231. The number of nitrogens with one attached hydrogen (secondary N) is 1. The number of thiophene rings is 1. The maximum absolute atomic E-state index is 6.06. The van der Waals surface area contributed by atoms with Gasteiger partial charge in [0.15, 0.2) is 5.11 Å². The summed E-state index contributed by atoms with van der Waals surface area (Å²) in [6, 6.07) is 11.3. The van der Waals surface area contributed by atoms with Crippen LogP contribution < -0.4 is 15.8 Å². The van der Waals surface area contributed by atoms with E-state index in [1.54, 1.807) is 23.7 Å². The molecule has 0 amide bonds. The van der Waals surface area contributed by atoms with Crippen molar-refractivity contribution in [3.63, 3.8) is 0 Å². The topological polar surface area (TPSA) is 78.0 Å². The summed E-state index contributed by atoms with van der Waals surface area (Å²) in [5.41, 5.74) is 7.18. The Morgan fingerprint density at radius 2 is 2.00 bits per heavy atom. The van der Waals surface area contributed by atoms with Gasteiger partial charge in [-0.1, -0.05) is 0 Å². The van der Waals surface area contributed by atoms with Crippen LogP contribution in [0.1, 0.15) is 0 Å². The Hall–Kier alpha value is -2.97. The summed E-state index contributed by atoms with van der Waals surface area (Å²) in [6.07, 6.45) is 5.45. The van der Waals surface area contributed by atoms with Crippen LogP contribution in [0.2, 0.25) is 0 Å². The molecule has 0 spiro atoms. The fraction of sp³-hybridized carbons (Fsp3) is 0.0556. The number of fused-ring (bicyclic) bond motifs is 1. The number of imidazole rings is 1. The Morgan fingerprint density at radius 3 is 2.69 bits per heavy atom. The molecule has 0 fully saturated rings. The third kappa shape index (κ3) is 3.24. The van der Waals surface area contributed by atoms with Crippen LogP contribution in [0.15, 0.2) is 55.0 Å². The van der Waals surface area contributed by atoms with Gasteiger partial charge in [0.2, 0.25) is 0 Å². The van der Waals surface area contributed by atoms with Gasteiger partial charge in [0.25, 0.3) is 0 Å². The molecule has 3 N–H and O–H groups in total. The fourth-order valence-corrected chi connectivity index (χ4v) is 3.81. The second kappa shape index (κ2) is 6.74. The second-order valence-electron chi connectivity index (χ2n) is 5.61. The maximum atomic E-state index is 6.06. The van der Waals surface area contributed by atoms with Crippen molar-refractivity contribution in [2.45, 2.75) is 0 Å². The highest BCUT2D eigenvalue weighted by atomic mass is 32.1. The Kier molecular flexibility index (Phi) is 4.27. The van der Waals surface area contributed by atoms with Crippen LogP contribution in [0.25, 0.3) is 20.9 Å². The lowest BCUT2D eigenvalue weighted by atomic mass is 10.3. The first-order valence-corrected chi connectivity index (χ1v) is 9.03. The Balaban J connectivity index is 1.65. The van der Waals surface area contributed by atoms with Crippen LogP contribution >= 0.6 is 23.6 Å². The van der Waals surface area contributed by atoms with Gasteiger partial charge >= 0.3 is 0 Å². The van der Waals surface area contributed by atoms with Gasteiger partial charge in [-0.3, -0.25) is 4.98 Å². The summed E-state index contributed by atoms with van der Waals surface area (Å²) in [5, 5.41) is 3.12. The predicted molar refractivity (Wildman–Crippen MR) is 109 cm³/mol. The average molecular weight is 381 g/mol. The monoisotopic (exact) mass is 381 g/mol. The number of pyridine rings is 1. The zero-order valence-corrected chi connectivity index (χ0v) is 15.5. The highest BCUT2D eigenvalue weighted by molar-refractivity contribution is 7.80. The molecule has 0 saturated carbocycles. The van der Waals surface area contributed by atoms with Gasteiger partial charge in [-0.05, 0) is 42.5 Å². The predicted octanol–water partition coefficient (Wildman–Crippen LogP) is 4.14. The number of nitrogens with zero attached hydrogens (tertiary/aromatic N) is 3. The van der Waals surface area contributed by atoms with Crippen LogP contribution in [0.4, 0.5) is 5.69 Å². The third-order valence-corrected chi connectivity index (χ3v) is 5.00. The van der Waals surface area contributed by atoms with Gasteiger partial charge in [0.05, 0.1) is 15.1 Å². The van der Waals surface area contributed by atoms with Crippen molar-refractivity contribution in [1.29, 1.82) is 0 Å². The molecule has 6 nitrogen and oxygen atoms in total. The molecule has 8 heteroatoms. The van der Waals surface area contributed by atoms with Crippen LogP contribution in [0.3, 0.4) is 0 Å². The number of hydrogen-bond acceptors (Lipinski definition) is 5. The Bertz CT molecular complexity index is 1080. The number of thiocarbonyl (C=S) groups is 1. The van der Waals surface area contributed by atoms with E-state index in [-0.39, 0.29) is 5.11 Å². The highest BCUT2D eigenvalue weighted by Crippen LogP contribution is 2.38. The van der Waals surface area contributed by atoms with Crippen molar-refractivity contribution in [2.75, 3.05) is 5.32 Å². The molecule has 0 atom stereocenters. The molecule has 0 aliphatic heterocycles. The first-order valence-electron chi connectivity index (χ1n) is 7.81. The van der Waals surface area contributed by atoms with Crippen molar-refractivity contribution in [1.82, 2.24) is 14.5 Å². The molecule has 0 aliphatic rings. The minimum Gasteiger partial charge on any atom is -0.456 e. The highest BCUT2D eigenvalue weighted by Gasteiger charge is 2.13. The molecule has 0 bridgehead atoms. The molecule has 0 aliphatic carbocycles. The second-order valence-corrected chi connectivity index (χ2v) is 7.10. The lowest BCUT2D eigenvalue weighted by Crippen LogP contribution is -2.18. The molecular weight excluding hydrogens is 366 g/mol. The van der Waals surface area contributed by atoms with E-state index in [0.29, 0.717) is 0 Å². The van der Waals surface area contributed by atoms with Crippen LogP contribution in [-0.4, -0.2) is 19.6 Å². The maximum Gasteiger partial charge on any atom is 0.168 e. The number of rotatable bonds is 4. The molecule has 1 aromatic carbocycles. The molecule has 3 aromatic heterocycles. The number of hydrogen-bond donors (Lipinski definition) is 2. The summed E-state index contributed by atoms with van der Waals surface area (Å²) in [5.74, 6) is 2.39. The van der Waals surface area contributed by atoms with Crippen LogP contribution in [0, 0.1) is 0 Å². The summed E-state index contributed by atoms with van der Waals surface area (Å²) in [4.78, 5) is 9.90. The van der Waals surface area contributed by atoms with Gasteiger partial charge in [0, 0.05) is 37.4 Å². The Morgan fingerprint density at radius 1 is 1.19 bits per heavy atom. The van der Waals surface area contributed by atoms with E-state index in [2.05, 4.69) is 15.3 Å². The minimum atomic E-state index is 0.231. The first-order chi connectivity index (χ1) is 12.6. The number of benzene rings is 1. The summed E-state index contributed by atoms with van der Waals surface area (Å²) < 4.78 is 9.03. The van der Waals surface area contributed by atoms with E-state index < -0.39 is 0 Å². The van der Waals surface area contributed by atoms with Crippen LogP contribution in [0.5, 0.6) is 11.5 Å². The number of aryl methyl sites for hydroxylation is 1. The zero-order chi connectivity index (χ0) is 18.1. The number of aromatic nitrogens is 3. The van der Waals surface area contributed by atoms with Crippen LogP contribution in [-0.2, 0) is 7.05 Å². The molecular formula is C18H15N5OS2. The summed E-state index contributed by atoms with van der Waals surface area (Å²) >= 11 is 6.45. The van der Waals surface area contributed by atoms with Gasteiger partial charge in [0.1, 0.15) is 17.3 Å². The molecule has 0 saturated heterocycles. The fourth-order valence-electron chi connectivity index (χ4n) is 2.58. The summed E-state index contributed by atoms with van der Waals surface area (Å²) in [7, 11) is 1.97. The third-order valence-electron chi connectivity index (χ3n) is 3.77. The average Bonchev–Trinajstić information content (AvgIpc) is 3.22. The summed E-state index contributed by atoms with van der Waals surface area (Å²) in [6.45, 7) is 0. The van der Waals surface area contributed by atoms with Crippen molar-refractivity contribution in [2.24, 2.45) is 12.8 Å². The van der Waals surface area contributed by atoms with E-state index in [4.69, 9.17) is 22.7 Å². The van der Waals surface area contributed by atoms with Gasteiger partial charge in [-0.25, -0.2) is 4.98 Å². The number of nitrogens with two attached hydrogens (primary N) is 1. The molecule has 130 valence electrons. The van der Waals surface area contributed by atoms with E-state index in [1.807, 2.05) is 54.2 Å². The molecule has 26 heavy (non-hydrogen) atoms. The van der Waals surface area contributed by atoms with E-state index in [1.165, 1.54) is 0 Å². The van der Waals surface area contributed by atoms with Gasteiger partial charge in [-0.15, -0.1) is 11.3 Å². The molecule has 3 heterocycles. The molecule has 0 radical (unpaired) electrons. The molecule has 0 unspecified atom stereocenters. The standard InChI is InChI=1S/C18H15N5OS2/c1-23-9-8-21-17(23)15-10-13-16(26-15)14(6-7-20-13)24-12-4-2-11(3-5-12)22-18(19)25/h2-10H,1H3,(H3,19,22,25). The van der Waals surface area contributed by atoms with Gasteiger partial charge in [-0.2, -0.15) is 0 Å². The lowest BCUT2D eigenvalue weighted by Gasteiger charge is -2.08.